The summed E-state index contributed by atoms with van der Waals surface area (Å²) in [5.41, 5.74) is 5.65. The normalized spacial score (nSPS) is 10.1. The van der Waals surface area contributed by atoms with Gasteiger partial charge in [-0.3, -0.25) is 0 Å². The molecule has 0 aromatic rings. The second-order valence-electron chi connectivity index (χ2n) is 4.45. The van der Waals surface area contributed by atoms with Crippen LogP contribution in [0.4, 0.5) is 0 Å². The molecule has 0 aromatic carbocycles. The van der Waals surface area contributed by atoms with Gasteiger partial charge in [-0.1, -0.05) is 27.7 Å². The maximum atomic E-state index is 9.64. The van der Waals surface area contributed by atoms with Gasteiger partial charge in [0.25, 0.3) is 0 Å². The van der Waals surface area contributed by atoms with Crippen LogP contribution in [0.3, 0.4) is 0 Å². The molecule has 74 valence electrons. The highest BCUT2D eigenvalue weighted by Gasteiger charge is 1.95. The van der Waals surface area contributed by atoms with Crippen molar-refractivity contribution in [2.75, 3.05) is 6.54 Å². The van der Waals surface area contributed by atoms with Gasteiger partial charge < -0.3 is 10.5 Å². The van der Waals surface area contributed by atoms with Crippen LogP contribution in [-0.2, 0) is 4.79 Å². The summed E-state index contributed by atoms with van der Waals surface area (Å²) >= 11 is 0. The van der Waals surface area contributed by atoms with Gasteiger partial charge >= 0.3 is 0 Å². The van der Waals surface area contributed by atoms with E-state index in [-0.39, 0.29) is 0 Å². The summed E-state index contributed by atoms with van der Waals surface area (Å²) in [5.74, 6) is 0. The van der Waals surface area contributed by atoms with E-state index in [1.54, 1.807) is 0 Å². The van der Waals surface area contributed by atoms with Gasteiger partial charge in [0.2, 0.25) is 0 Å². The van der Waals surface area contributed by atoms with Gasteiger partial charge in [0.05, 0.1) is 0 Å². The van der Waals surface area contributed by atoms with Gasteiger partial charge in [-0.2, -0.15) is 0 Å². The Balaban J connectivity index is 0. The van der Waals surface area contributed by atoms with Crippen molar-refractivity contribution >= 4 is 6.29 Å². The van der Waals surface area contributed by atoms with Gasteiger partial charge in [-0.05, 0) is 24.8 Å². The maximum absolute atomic E-state index is 9.64. The zero-order valence-electron chi connectivity index (χ0n) is 8.89. The predicted octanol–water partition coefficient (Wildman–Crippen LogP) is 2.37. The van der Waals surface area contributed by atoms with Crippen molar-refractivity contribution in [3.63, 3.8) is 0 Å². The summed E-state index contributed by atoms with van der Waals surface area (Å²) in [6.45, 7) is 9.45. The van der Waals surface area contributed by atoms with E-state index in [2.05, 4.69) is 27.7 Å². The van der Waals surface area contributed by atoms with E-state index in [0.29, 0.717) is 18.4 Å². The lowest BCUT2D eigenvalue weighted by molar-refractivity contribution is -0.107. The van der Waals surface area contributed by atoms with Crippen LogP contribution in [-0.4, -0.2) is 12.8 Å². The molecule has 0 aliphatic carbocycles. The average molecular weight is 173 g/mol. The molecule has 0 spiro atoms. The van der Waals surface area contributed by atoms with Crippen LogP contribution in [0.15, 0.2) is 0 Å². The average Bonchev–Trinajstić information content (AvgIpc) is 1.85. The number of unbranched alkanes of at least 4 members (excludes halogenated alkanes) is 2. The molecular formula is C10H23NO. The molecule has 0 saturated carbocycles. The Morgan fingerprint density at radius 3 is 1.83 bits per heavy atom. The van der Waals surface area contributed by atoms with E-state index in [4.69, 9.17) is 5.73 Å². The third-order valence-corrected chi connectivity index (χ3v) is 0.776. The lowest BCUT2D eigenvalue weighted by Gasteiger charge is -2.05. The van der Waals surface area contributed by atoms with E-state index >= 15 is 0 Å². The Bertz CT molecular complexity index is 88.5. The number of rotatable bonds is 4. The lowest BCUT2D eigenvalue weighted by Crippen LogP contribution is -1.97. The van der Waals surface area contributed by atoms with E-state index in [1.165, 1.54) is 0 Å². The molecule has 0 amide bonds. The molecular weight excluding hydrogens is 150 g/mol. The SMILES string of the molecule is CC(C)(C)C.NCCCCC=O. The molecule has 0 radical (unpaired) electrons. The molecule has 0 aliphatic heterocycles. The smallest absolute Gasteiger partial charge is 0.119 e. The summed E-state index contributed by atoms with van der Waals surface area (Å²) in [6.07, 6.45) is 3.51. The van der Waals surface area contributed by atoms with Crippen molar-refractivity contribution < 1.29 is 4.79 Å². The van der Waals surface area contributed by atoms with Gasteiger partial charge in [0, 0.05) is 6.42 Å². The molecule has 0 bridgehead atoms. The third-order valence-electron chi connectivity index (χ3n) is 0.776. The number of carbonyl (C=O) groups is 1. The highest BCUT2D eigenvalue weighted by molar-refractivity contribution is 5.48. The van der Waals surface area contributed by atoms with E-state index in [0.717, 1.165) is 19.1 Å². The number of aldehydes is 1. The minimum absolute atomic E-state index is 0.500. The van der Waals surface area contributed by atoms with E-state index < -0.39 is 0 Å². The molecule has 0 heterocycles. The molecule has 0 rings (SSSR count). The molecule has 2 nitrogen and oxygen atoms in total. The predicted molar refractivity (Wildman–Crippen MR) is 54.1 cm³/mol. The van der Waals surface area contributed by atoms with Gasteiger partial charge in [-0.25, -0.2) is 0 Å². The monoisotopic (exact) mass is 173 g/mol. The first-order chi connectivity index (χ1) is 5.41. The maximum Gasteiger partial charge on any atom is 0.119 e. The van der Waals surface area contributed by atoms with Crippen molar-refractivity contribution in [2.24, 2.45) is 11.1 Å². The van der Waals surface area contributed by atoms with Crippen molar-refractivity contribution in [1.82, 2.24) is 0 Å². The van der Waals surface area contributed by atoms with Crippen LogP contribution in [0.1, 0.15) is 47.0 Å². The molecule has 0 unspecified atom stereocenters. The topological polar surface area (TPSA) is 43.1 Å². The molecule has 12 heavy (non-hydrogen) atoms. The van der Waals surface area contributed by atoms with Gasteiger partial charge in [0.1, 0.15) is 6.29 Å². The largest absolute Gasteiger partial charge is 0.330 e. The number of hydrogen-bond acceptors (Lipinski definition) is 2. The zero-order valence-corrected chi connectivity index (χ0v) is 8.89. The quantitative estimate of drug-likeness (QED) is 0.524. The second kappa shape index (κ2) is 8.72. The molecule has 2 N–H and O–H groups in total. The lowest BCUT2D eigenvalue weighted by atomic mass is 10.0. The van der Waals surface area contributed by atoms with E-state index in [1.807, 2.05) is 0 Å². The Morgan fingerprint density at radius 1 is 1.17 bits per heavy atom. The van der Waals surface area contributed by atoms with Gasteiger partial charge in [0.15, 0.2) is 0 Å². The summed E-state index contributed by atoms with van der Waals surface area (Å²) in [7, 11) is 0. The van der Waals surface area contributed by atoms with Gasteiger partial charge in [-0.15, -0.1) is 0 Å². The van der Waals surface area contributed by atoms with E-state index in [9.17, 15) is 4.79 Å². The number of nitrogens with two attached hydrogens (primary N) is 1. The van der Waals surface area contributed by atoms with Crippen LogP contribution in [0.2, 0.25) is 0 Å². The molecule has 2 heteroatoms. The first kappa shape index (κ1) is 14.2. The second-order valence-corrected chi connectivity index (χ2v) is 4.45. The standard InChI is InChI=1S/C5H11NO.C5H12/c6-4-2-1-3-5-7;1-5(2,3)4/h5H,1-4,6H2;1-4H3. The number of carbonyl (C=O) groups excluding carboxylic acids is 1. The minimum Gasteiger partial charge on any atom is -0.330 e. The third kappa shape index (κ3) is 54.4. The highest BCUT2D eigenvalue weighted by atomic mass is 16.1. The Labute approximate surface area is 76.5 Å². The van der Waals surface area contributed by atoms with Crippen molar-refractivity contribution in [3.8, 4) is 0 Å². The van der Waals surface area contributed by atoms with Crippen LogP contribution in [0.25, 0.3) is 0 Å². The summed E-state index contributed by atoms with van der Waals surface area (Å²) in [5, 5.41) is 0. The summed E-state index contributed by atoms with van der Waals surface area (Å²) in [6, 6.07) is 0. The fourth-order valence-corrected chi connectivity index (χ4v) is 0.372. The summed E-state index contributed by atoms with van der Waals surface area (Å²) < 4.78 is 0. The Morgan fingerprint density at radius 2 is 1.58 bits per heavy atom. The Kier molecular flexibility index (Phi) is 10.3. The van der Waals surface area contributed by atoms with Crippen molar-refractivity contribution in [3.05, 3.63) is 0 Å². The van der Waals surface area contributed by atoms with Crippen LogP contribution in [0.5, 0.6) is 0 Å². The van der Waals surface area contributed by atoms with Crippen LogP contribution >= 0.6 is 0 Å². The summed E-state index contributed by atoms with van der Waals surface area (Å²) in [4.78, 5) is 9.64. The van der Waals surface area contributed by atoms with Crippen LogP contribution < -0.4 is 5.73 Å². The fraction of sp³-hybridized carbons (Fsp3) is 0.900. The highest BCUT2D eigenvalue weighted by Crippen LogP contribution is 2.08. The molecule has 0 aliphatic rings. The Hall–Kier alpha value is -0.370. The molecule has 0 atom stereocenters. The fourth-order valence-electron chi connectivity index (χ4n) is 0.372. The molecule has 0 saturated heterocycles. The zero-order chi connectivity index (χ0) is 10.0. The molecule has 0 aromatic heterocycles. The van der Waals surface area contributed by atoms with Crippen LogP contribution in [0, 0.1) is 5.41 Å². The van der Waals surface area contributed by atoms with Crippen molar-refractivity contribution in [2.45, 2.75) is 47.0 Å². The number of hydrogen-bond donors (Lipinski definition) is 1. The first-order valence-electron chi connectivity index (χ1n) is 4.55. The minimum atomic E-state index is 0.500. The first-order valence-corrected chi connectivity index (χ1v) is 4.55. The molecule has 0 fully saturated rings. The van der Waals surface area contributed by atoms with Crippen molar-refractivity contribution in [1.29, 1.82) is 0 Å².